The minimum Gasteiger partial charge on any atom is -0.456 e. The molecule has 0 amide bonds. The van der Waals surface area contributed by atoms with Crippen molar-refractivity contribution in [3.63, 3.8) is 0 Å². The van der Waals surface area contributed by atoms with Gasteiger partial charge in [0.25, 0.3) is 0 Å². The Morgan fingerprint density at radius 2 is 0.864 bits per heavy atom. The lowest BCUT2D eigenvalue weighted by atomic mass is 10.0. The molecule has 0 fully saturated rings. The van der Waals surface area contributed by atoms with Gasteiger partial charge in [0, 0.05) is 49.9 Å². The molecule has 0 radical (unpaired) electrons. The van der Waals surface area contributed by atoms with Crippen molar-refractivity contribution in [2.24, 2.45) is 0 Å². The number of hydrogen-bond donors (Lipinski definition) is 0. The molecule has 0 aliphatic rings. The highest BCUT2D eigenvalue weighted by Gasteiger charge is 2.26. The Hall–Kier alpha value is -8.09. The summed E-state index contributed by atoms with van der Waals surface area (Å²) in [5, 5.41) is 6.20. The van der Waals surface area contributed by atoms with Crippen LogP contribution in [0.15, 0.2) is 213 Å². The van der Waals surface area contributed by atoms with E-state index < -0.39 is 0 Å². The molecule has 6 nitrogen and oxygen atoms in total. The van der Waals surface area contributed by atoms with E-state index in [9.17, 15) is 0 Å². The average molecular weight is 760 g/mol. The van der Waals surface area contributed by atoms with Crippen LogP contribution < -0.4 is 9.80 Å². The van der Waals surface area contributed by atoms with Gasteiger partial charge in [-0.2, -0.15) is 0 Å². The number of aromatic nitrogens is 1. The maximum atomic E-state index is 7.03. The quantitative estimate of drug-likeness (QED) is 0.161. The molecule has 0 N–H and O–H groups in total. The van der Waals surface area contributed by atoms with Crippen LogP contribution in [0.4, 0.5) is 34.1 Å². The first-order valence-electron chi connectivity index (χ1n) is 19.7. The van der Waals surface area contributed by atoms with Gasteiger partial charge in [-0.05, 0) is 102 Å². The molecule has 0 atom stereocenters. The van der Waals surface area contributed by atoms with E-state index in [1.165, 1.54) is 0 Å². The maximum Gasteiger partial charge on any atom is 0.227 e. The number of nitrogens with zero attached hydrogens (tertiary/aromatic N) is 3. The highest BCUT2D eigenvalue weighted by molar-refractivity contribution is 6.18. The monoisotopic (exact) mass is 759 g/mol. The molecular formula is C53H33N3O3. The van der Waals surface area contributed by atoms with Gasteiger partial charge in [0.2, 0.25) is 5.89 Å². The summed E-state index contributed by atoms with van der Waals surface area (Å²) >= 11 is 0. The molecular weight excluding hydrogens is 727 g/mol. The van der Waals surface area contributed by atoms with Crippen molar-refractivity contribution < 1.29 is 13.3 Å². The summed E-state index contributed by atoms with van der Waals surface area (Å²) < 4.78 is 19.6. The van der Waals surface area contributed by atoms with Crippen LogP contribution in [-0.2, 0) is 0 Å². The molecule has 9 aromatic carbocycles. The molecule has 0 unspecified atom stereocenters. The Bertz CT molecular complexity index is 3520. The van der Waals surface area contributed by atoms with Crippen molar-refractivity contribution in [2.45, 2.75) is 0 Å². The van der Waals surface area contributed by atoms with E-state index in [4.69, 9.17) is 18.2 Å². The number of anilines is 6. The maximum absolute atomic E-state index is 7.03. The van der Waals surface area contributed by atoms with Gasteiger partial charge in [0.15, 0.2) is 5.58 Å². The fraction of sp³-hybridized carbons (Fsp3) is 0. The predicted molar refractivity (Wildman–Crippen MR) is 241 cm³/mol. The Morgan fingerprint density at radius 3 is 1.46 bits per heavy atom. The second-order valence-electron chi connectivity index (χ2n) is 14.7. The van der Waals surface area contributed by atoms with E-state index in [2.05, 4.69) is 143 Å². The summed E-state index contributed by atoms with van der Waals surface area (Å²) in [6, 6.07) is 69.0. The Balaban J connectivity index is 1.15. The van der Waals surface area contributed by atoms with Crippen molar-refractivity contribution in [3.8, 4) is 11.5 Å². The summed E-state index contributed by atoms with van der Waals surface area (Å²) in [4.78, 5) is 9.95. The molecule has 0 spiro atoms. The third-order valence-corrected chi connectivity index (χ3v) is 11.2. The number of fused-ring (bicyclic) bond motifs is 9. The molecule has 12 aromatic rings. The van der Waals surface area contributed by atoms with E-state index in [0.29, 0.717) is 11.5 Å². The molecule has 3 heterocycles. The lowest BCUT2D eigenvalue weighted by Crippen LogP contribution is -2.12. The summed E-state index contributed by atoms with van der Waals surface area (Å²) in [6.45, 7) is 0. The Labute approximate surface area is 338 Å². The molecule has 278 valence electrons. The summed E-state index contributed by atoms with van der Waals surface area (Å²) in [5.74, 6) is 0.547. The minimum absolute atomic E-state index is 0.547. The lowest BCUT2D eigenvalue weighted by Gasteiger charge is -2.28. The zero-order chi connectivity index (χ0) is 38.9. The SMILES string of the molecule is c1ccc(-c2nc3c(N(c4ccccc4)c4ccc5oc6ccccc6c5c4)cc4cccc(N(c5ccccc5)c5ccc6oc7ccccc7c6c5)c4c3o2)cc1. The van der Waals surface area contributed by atoms with Crippen molar-refractivity contribution in [1.29, 1.82) is 0 Å². The number of furan rings is 2. The number of hydrogen-bond acceptors (Lipinski definition) is 6. The fourth-order valence-electron chi connectivity index (χ4n) is 8.58. The molecule has 0 saturated heterocycles. The van der Waals surface area contributed by atoms with Crippen LogP contribution in [0.2, 0.25) is 0 Å². The third-order valence-electron chi connectivity index (χ3n) is 11.2. The average Bonchev–Trinajstić information content (AvgIpc) is 4.02. The smallest absolute Gasteiger partial charge is 0.227 e. The van der Waals surface area contributed by atoms with Gasteiger partial charge in [0.05, 0.1) is 16.8 Å². The van der Waals surface area contributed by atoms with Gasteiger partial charge in [0.1, 0.15) is 27.8 Å². The highest BCUT2D eigenvalue weighted by Crippen LogP contribution is 2.49. The van der Waals surface area contributed by atoms with Gasteiger partial charge in [-0.15, -0.1) is 0 Å². The topological polar surface area (TPSA) is 58.8 Å². The minimum atomic E-state index is 0.547. The Morgan fingerprint density at radius 1 is 0.356 bits per heavy atom. The van der Waals surface area contributed by atoms with E-state index in [0.717, 1.165) is 99.9 Å². The van der Waals surface area contributed by atoms with Crippen LogP contribution in [0.25, 0.3) is 77.2 Å². The van der Waals surface area contributed by atoms with E-state index in [1.807, 2.05) is 66.7 Å². The largest absolute Gasteiger partial charge is 0.456 e. The van der Waals surface area contributed by atoms with Crippen molar-refractivity contribution in [2.75, 3.05) is 9.80 Å². The van der Waals surface area contributed by atoms with Gasteiger partial charge >= 0.3 is 0 Å². The standard InChI is InChI=1S/C53H33N3O3/c1-4-15-34(16-5-1)53-54-51-45(56(37-20-8-3-9-21-37)39-28-30-49-43(33-39)41-23-11-13-26-47(41)58-49)31-35-17-14-24-44(50(35)52(51)59-53)55(36-18-6-2-7-19-36)38-27-29-48-42(32-38)40-22-10-12-25-46(40)57-48/h1-33H. The van der Waals surface area contributed by atoms with Crippen molar-refractivity contribution in [1.82, 2.24) is 4.98 Å². The third kappa shape index (κ3) is 5.38. The zero-order valence-corrected chi connectivity index (χ0v) is 31.6. The predicted octanol–water partition coefficient (Wildman–Crippen LogP) is 15.4. The van der Waals surface area contributed by atoms with Gasteiger partial charge in [-0.1, -0.05) is 103 Å². The first kappa shape index (κ1) is 33.1. The second kappa shape index (κ2) is 13.3. The molecule has 0 aliphatic heterocycles. The molecule has 0 aliphatic carbocycles. The normalized spacial score (nSPS) is 11.7. The summed E-state index contributed by atoms with van der Waals surface area (Å²) in [5.41, 5.74) is 11.6. The zero-order valence-electron chi connectivity index (χ0n) is 31.6. The number of benzene rings is 9. The lowest BCUT2D eigenvalue weighted by molar-refractivity contribution is 0.623. The van der Waals surface area contributed by atoms with E-state index in [-0.39, 0.29) is 0 Å². The number of para-hydroxylation sites is 4. The Kier molecular flexibility index (Phi) is 7.43. The van der Waals surface area contributed by atoms with Crippen LogP contribution in [-0.4, -0.2) is 4.98 Å². The molecule has 0 bridgehead atoms. The van der Waals surface area contributed by atoms with Crippen LogP contribution in [0.1, 0.15) is 0 Å². The molecule has 0 saturated carbocycles. The molecule has 3 aromatic heterocycles. The van der Waals surface area contributed by atoms with Gasteiger partial charge in [-0.25, -0.2) is 4.98 Å². The van der Waals surface area contributed by atoms with Crippen LogP contribution in [0.5, 0.6) is 0 Å². The van der Waals surface area contributed by atoms with Crippen LogP contribution in [0, 0.1) is 0 Å². The van der Waals surface area contributed by atoms with E-state index in [1.54, 1.807) is 0 Å². The summed E-state index contributed by atoms with van der Waals surface area (Å²) in [6.07, 6.45) is 0. The first-order valence-corrected chi connectivity index (χ1v) is 19.7. The van der Waals surface area contributed by atoms with Crippen LogP contribution in [0.3, 0.4) is 0 Å². The molecule has 6 heteroatoms. The summed E-state index contributed by atoms with van der Waals surface area (Å²) in [7, 11) is 0. The first-order chi connectivity index (χ1) is 29.2. The van der Waals surface area contributed by atoms with Crippen molar-refractivity contribution in [3.05, 3.63) is 200 Å². The number of rotatable bonds is 7. The molecule has 59 heavy (non-hydrogen) atoms. The van der Waals surface area contributed by atoms with Gasteiger partial charge < -0.3 is 23.1 Å². The highest BCUT2D eigenvalue weighted by atomic mass is 16.3. The molecule has 12 rings (SSSR count). The fourth-order valence-corrected chi connectivity index (χ4v) is 8.58. The van der Waals surface area contributed by atoms with Gasteiger partial charge in [-0.3, -0.25) is 0 Å². The van der Waals surface area contributed by atoms with Crippen LogP contribution >= 0.6 is 0 Å². The second-order valence-corrected chi connectivity index (χ2v) is 14.7. The van der Waals surface area contributed by atoms with E-state index >= 15 is 0 Å². The van der Waals surface area contributed by atoms with Crippen molar-refractivity contribution >= 4 is 99.9 Å². The number of oxazole rings is 1.